The highest BCUT2D eigenvalue weighted by Gasteiger charge is 2.29. The number of amides is 1. The lowest BCUT2D eigenvalue weighted by molar-refractivity contribution is -0.120. The standard InChI is InChI=1S/C27H31ClN2O3S/c1-20-13-15-25(16-14-20)34(32,33)30(24-12-8-11-23(28)17-24)19-26(31)29-21(2)18-27(3,4)22-9-6-5-7-10-22/h5-17,21H,18-19H2,1-4H3,(H,29,31). The molecule has 0 aliphatic carbocycles. The molecule has 3 aromatic carbocycles. The van der Waals surface area contributed by atoms with Gasteiger partial charge in [0.2, 0.25) is 5.91 Å². The molecule has 0 fully saturated rings. The van der Waals surface area contributed by atoms with Gasteiger partial charge in [0.1, 0.15) is 6.54 Å². The molecule has 180 valence electrons. The third-order valence-electron chi connectivity index (χ3n) is 5.77. The van der Waals surface area contributed by atoms with Crippen molar-refractivity contribution in [2.75, 3.05) is 10.8 Å². The van der Waals surface area contributed by atoms with E-state index in [2.05, 4.69) is 31.3 Å². The van der Waals surface area contributed by atoms with Crippen molar-refractivity contribution in [2.45, 2.75) is 50.5 Å². The second kappa shape index (κ2) is 10.6. The summed E-state index contributed by atoms with van der Waals surface area (Å²) in [6.45, 7) is 7.72. The van der Waals surface area contributed by atoms with Crippen molar-refractivity contribution in [3.63, 3.8) is 0 Å². The summed E-state index contributed by atoms with van der Waals surface area (Å²) in [6.07, 6.45) is 0.699. The molecule has 1 amide bonds. The van der Waals surface area contributed by atoms with E-state index >= 15 is 0 Å². The maximum atomic E-state index is 13.5. The number of nitrogens with one attached hydrogen (secondary N) is 1. The number of hydrogen-bond acceptors (Lipinski definition) is 3. The Morgan fingerprint density at radius 2 is 1.65 bits per heavy atom. The quantitative estimate of drug-likeness (QED) is 0.410. The van der Waals surface area contributed by atoms with Gasteiger partial charge in [0.05, 0.1) is 10.6 Å². The van der Waals surface area contributed by atoms with E-state index in [9.17, 15) is 13.2 Å². The van der Waals surface area contributed by atoms with Crippen LogP contribution in [0.4, 0.5) is 5.69 Å². The summed E-state index contributed by atoms with van der Waals surface area (Å²) in [7, 11) is -3.98. The Labute approximate surface area is 207 Å². The Bertz CT molecular complexity index is 1230. The van der Waals surface area contributed by atoms with Crippen LogP contribution in [0, 0.1) is 6.92 Å². The molecule has 0 aliphatic rings. The van der Waals surface area contributed by atoms with Crippen LogP contribution < -0.4 is 9.62 Å². The fourth-order valence-electron chi connectivity index (χ4n) is 4.06. The molecule has 0 bridgehead atoms. The van der Waals surface area contributed by atoms with Gasteiger partial charge < -0.3 is 5.32 Å². The van der Waals surface area contributed by atoms with Crippen molar-refractivity contribution in [1.82, 2.24) is 5.32 Å². The van der Waals surface area contributed by atoms with Gasteiger partial charge in [-0.3, -0.25) is 9.10 Å². The molecular weight excluding hydrogens is 468 g/mol. The molecule has 0 saturated carbocycles. The fourth-order valence-corrected chi connectivity index (χ4v) is 5.66. The number of aryl methyl sites for hydroxylation is 1. The Balaban J connectivity index is 1.81. The van der Waals surface area contributed by atoms with Crippen LogP contribution in [0.1, 0.15) is 38.3 Å². The number of anilines is 1. The second-order valence-corrected chi connectivity index (χ2v) is 11.5. The molecule has 34 heavy (non-hydrogen) atoms. The average Bonchev–Trinajstić information content (AvgIpc) is 2.78. The summed E-state index contributed by atoms with van der Waals surface area (Å²) in [5.74, 6) is -0.382. The van der Waals surface area contributed by atoms with E-state index < -0.39 is 10.0 Å². The van der Waals surface area contributed by atoms with Crippen molar-refractivity contribution < 1.29 is 13.2 Å². The molecule has 0 spiro atoms. The van der Waals surface area contributed by atoms with Gasteiger partial charge in [-0.1, -0.05) is 79.5 Å². The first-order valence-corrected chi connectivity index (χ1v) is 13.0. The van der Waals surface area contributed by atoms with E-state index in [0.29, 0.717) is 17.1 Å². The van der Waals surface area contributed by atoms with Crippen LogP contribution in [-0.4, -0.2) is 26.9 Å². The van der Waals surface area contributed by atoms with Crippen LogP contribution in [0.5, 0.6) is 0 Å². The molecule has 0 aromatic heterocycles. The largest absolute Gasteiger partial charge is 0.352 e. The first-order valence-electron chi connectivity index (χ1n) is 11.2. The normalized spacial score (nSPS) is 12.7. The molecule has 0 radical (unpaired) electrons. The van der Waals surface area contributed by atoms with Crippen molar-refractivity contribution in [3.05, 3.63) is 95.0 Å². The zero-order chi connectivity index (χ0) is 24.9. The monoisotopic (exact) mass is 498 g/mol. The van der Waals surface area contributed by atoms with Crippen LogP contribution in [-0.2, 0) is 20.2 Å². The van der Waals surface area contributed by atoms with Gasteiger partial charge in [0, 0.05) is 11.1 Å². The van der Waals surface area contributed by atoms with Gasteiger partial charge in [-0.2, -0.15) is 0 Å². The Morgan fingerprint density at radius 1 is 1.00 bits per heavy atom. The predicted molar refractivity (Wildman–Crippen MR) is 139 cm³/mol. The molecule has 3 aromatic rings. The SMILES string of the molecule is Cc1ccc(S(=O)(=O)N(CC(=O)NC(C)CC(C)(C)c2ccccc2)c2cccc(Cl)c2)cc1. The molecule has 1 N–H and O–H groups in total. The van der Waals surface area contributed by atoms with Crippen molar-refractivity contribution in [1.29, 1.82) is 0 Å². The molecule has 1 unspecified atom stereocenters. The maximum Gasteiger partial charge on any atom is 0.264 e. The van der Waals surface area contributed by atoms with E-state index in [4.69, 9.17) is 11.6 Å². The lowest BCUT2D eigenvalue weighted by atomic mass is 9.79. The van der Waals surface area contributed by atoms with Gasteiger partial charge >= 0.3 is 0 Å². The number of carbonyl (C=O) groups excluding carboxylic acids is 1. The highest BCUT2D eigenvalue weighted by atomic mass is 35.5. The molecule has 5 nitrogen and oxygen atoms in total. The van der Waals surface area contributed by atoms with Gasteiger partial charge in [-0.25, -0.2) is 8.42 Å². The number of nitrogens with zero attached hydrogens (tertiary/aromatic N) is 1. The number of sulfonamides is 1. The highest BCUT2D eigenvalue weighted by Crippen LogP contribution is 2.29. The van der Waals surface area contributed by atoms with Crippen LogP contribution in [0.3, 0.4) is 0 Å². The molecule has 7 heteroatoms. The molecule has 0 saturated heterocycles. The lowest BCUT2D eigenvalue weighted by Crippen LogP contribution is -2.45. The maximum absolute atomic E-state index is 13.5. The zero-order valence-electron chi connectivity index (χ0n) is 20.0. The van der Waals surface area contributed by atoms with Gasteiger partial charge in [-0.15, -0.1) is 0 Å². The zero-order valence-corrected chi connectivity index (χ0v) is 21.5. The van der Waals surface area contributed by atoms with Crippen LogP contribution in [0.15, 0.2) is 83.8 Å². The summed E-state index contributed by atoms with van der Waals surface area (Å²) >= 11 is 6.14. The molecule has 0 aliphatic heterocycles. The highest BCUT2D eigenvalue weighted by molar-refractivity contribution is 7.92. The number of benzene rings is 3. The lowest BCUT2D eigenvalue weighted by Gasteiger charge is -2.30. The van der Waals surface area contributed by atoms with Gasteiger partial charge in [-0.05, 0) is 61.6 Å². The number of rotatable bonds is 9. The molecule has 1 atom stereocenters. The van der Waals surface area contributed by atoms with E-state index in [0.717, 1.165) is 9.87 Å². The minimum atomic E-state index is -3.98. The molecular formula is C27H31ClN2O3S. The van der Waals surface area contributed by atoms with Gasteiger partial charge in [0.15, 0.2) is 0 Å². The van der Waals surface area contributed by atoms with Crippen LogP contribution in [0.25, 0.3) is 0 Å². The fraction of sp³-hybridized carbons (Fsp3) is 0.296. The number of halogens is 1. The summed E-state index contributed by atoms with van der Waals surface area (Å²) < 4.78 is 28.1. The van der Waals surface area contributed by atoms with E-state index in [-0.39, 0.29) is 28.8 Å². The predicted octanol–water partition coefficient (Wildman–Crippen LogP) is 5.72. The summed E-state index contributed by atoms with van der Waals surface area (Å²) in [5, 5.41) is 3.36. The van der Waals surface area contributed by atoms with E-state index in [1.807, 2.05) is 32.0 Å². The van der Waals surface area contributed by atoms with Crippen molar-refractivity contribution in [3.8, 4) is 0 Å². The molecule has 0 heterocycles. The number of hydrogen-bond donors (Lipinski definition) is 1. The Morgan fingerprint density at radius 3 is 2.26 bits per heavy atom. The minimum absolute atomic E-state index is 0.115. The third-order valence-corrected chi connectivity index (χ3v) is 7.79. The summed E-state index contributed by atoms with van der Waals surface area (Å²) in [6, 6.07) is 23.0. The van der Waals surface area contributed by atoms with E-state index in [1.165, 1.54) is 5.56 Å². The smallest absolute Gasteiger partial charge is 0.264 e. The van der Waals surface area contributed by atoms with Crippen molar-refractivity contribution in [2.24, 2.45) is 0 Å². The first-order chi connectivity index (χ1) is 16.0. The Hall–Kier alpha value is -2.83. The summed E-state index contributed by atoms with van der Waals surface area (Å²) in [4.78, 5) is 13.1. The topological polar surface area (TPSA) is 66.5 Å². The van der Waals surface area contributed by atoms with Crippen molar-refractivity contribution >= 4 is 33.2 Å². The minimum Gasteiger partial charge on any atom is -0.352 e. The average molecular weight is 499 g/mol. The van der Waals surface area contributed by atoms with Crippen LogP contribution >= 0.6 is 11.6 Å². The van der Waals surface area contributed by atoms with E-state index in [1.54, 1.807) is 48.5 Å². The van der Waals surface area contributed by atoms with Crippen LogP contribution in [0.2, 0.25) is 5.02 Å². The Kier molecular flexibility index (Phi) is 8.05. The summed E-state index contributed by atoms with van der Waals surface area (Å²) in [5.41, 5.74) is 2.30. The third kappa shape index (κ3) is 6.39. The van der Waals surface area contributed by atoms with Gasteiger partial charge in [0.25, 0.3) is 10.0 Å². The second-order valence-electron chi connectivity index (χ2n) is 9.23. The molecule has 3 rings (SSSR count). The first kappa shape index (κ1) is 25.8. The number of carbonyl (C=O) groups is 1.